The highest BCUT2D eigenvalue weighted by Crippen LogP contribution is 2.52. The van der Waals surface area contributed by atoms with Crippen molar-refractivity contribution in [2.24, 2.45) is 0 Å². The molecule has 1 aliphatic heterocycles. The van der Waals surface area contributed by atoms with Crippen LogP contribution in [0.15, 0.2) is 28.6 Å². The zero-order valence-corrected chi connectivity index (χ0v) is 19.7. The summed E-state index contributed by atoms with van der Waals surface area (Å²) >= 11 is 0. The number of hydrogen-bond donors (Lipinski definition) is 1. The fourth-order valence-corrected chi connectivity index (χ4v) is 3.83. The molecular weight excluding hydrogens is 436 g/mol. The van der Waals surface area contributed by atoms with Gasteiger partial charge in [-0.2, -0.15) is 0 Å². The van der Waals surface area contributed by atoms with Crippen molar-refractivity contribution in [2.75, 3.05) is 34.5 Å². The minimum absolute atomic E-state index is 0.00107. The van der Waals surface area contributed by atoms with Gasteiger partial charge in [-0.25, -0.2) is 9.59 Å². The van der Waals surface area contributed by atoms with E-state index in [1.165, 1.54) is 27.4 Å². The molecule has 1 heterocycles. The van der Waals surface area contributed by atoms with Gasteiger partial charge < -0.3 is 29.0 Å². The highest BCUT2D eigenvalue weighted by molar-refractivity contribution is 6.00. The van der Waals surface area contributed by atoms with Gasteiger partial charge in [-0.15, -0.1) is 0 Å². The molecule has 0 saturated carbocycles. The van der Waals surface area contributed by atoms with Gasteiger partial charge in [0.05, 0.1) is 62.1 Å². The number of methoxy groups -OCH3 is 3. The molecule has 11 heteroatoms. The average molecular weight is 464 g/mol. The molecule has 0 saturated heterocycles. The molecule has 1 aromatic rings. The molecule has 180 valence electrons. The zero-order chi connectivity index (χ0) is 24.9. The van der Waals surface area contributed by atoms with Crippen molar-refractivity contribution >= 4 is 17.6 Å². The fraction of sp³-hybridized carbons (Fsp3) is 0.455. The molecule has 0 spiro atoms. The second-order valence-corrected chi connectivity index (χ2v) is 6.92. The van der Waals surface area contributed by atoms with Crippen LogP contribution in [0.2, 0.25) is 0 Å². The van der Waals surface area contributed by atoms with Crippen molar-refractivity contribution in [3.63, 3.8) is 0 Å². The molecule has 0 aromatic heterocycles. The molecule has 0 amide bonds. The molecular formula is C22H28N2O9. The molecule has 2 rings (SSSR count). The van der Waals surface area contributed by atoms with Crippen molar-refractivity contribution < 1.29 is 38.2 Å². The van der Waals surface area contributed by atoms with Crippen LogP contribution in [0.1, 0.15) is 39.2 Å². The summed E-state index contributed by atoms with van der Waals surface area (Å²) < 4.78 is 26.4. The summed E-state index contributed by atoms with van der Waals surface area (Å²) in [5.74, 6) is -2.75. The molecule has 0 fully saturated rings. The molecule has 11 nitrogen and oxygen atoms in total. The minimum Gasteiger partial charge on any atom is -0.493 e. The summed E-state index contributed by atoms with van der Waals surface area (Å²) in [5.41, 5.74) is 0.330. The number of nitrogens with zero attached hydrogens (tertiary/aromatic N) is 1. The van der Waals surface area contributed by atoms with Gasteiger partial charge in [-0.1, -0.05) is 0 Å². The van der Waals surface area contributed by atoms with Crippen molar-refractivity contribution in [1.82, 2.24) is 5.32 Å². The van der Waals surface area contributed by atoms with E-state index in [0.717, 1.165) is 0 Å². The van der Waals surface area contributed by atoms with Gasteiger partial charge in [0, 0.05) is 11.4 Å². The lowest BCUT2D eigenvalue weighted by Crippen LogP contribution is -2.33. The number of carbonyl (C=O) groups is 2. The molecule has 1 aliphatic rings. The molecule has 0 aliphatic carbocycles. The Kier molecular flexibility index (Phi) is 8.27. The largest absolute Gasteiger partial charge is 0.493 e. The van der Waals surface area contributed by atoms with Gasteiger partial charge in [0.2, 0.25) is 11.5 Å². The van der Waals surface area contributed by atoms with E-state index >= 15 is 0 Å². The van der Waals surface area contributed by atoms with E-state index in [2.05, 4.69) is 5.32 Å². The Labute approximate surface area is 191 Å². The smallest absolute Gasteiger partial charge is 0.336 e. The number of nitro groups is 1. The number of hydrogen-bond acceptors (Lipinski definition) is 10. The van der Waals surface area contributed by atoms with Crippen molar-refractivity contribution in [2.45, 2.75) is 33.6 Å². The first-order valence-corrected chi connectivity index (χ1v) is 10.2. The lowest BCUT2D eigenvalue weighted by atomic mass is 9.79. The number of benzene rings is 1. The van der Waals surface area contributed by atoms with Crippen LogP contribution in [0.25, 0.3) is 0 Å². The quantitative estimate of drug-likeness (QED) is 0.330. The first kappa shape index (κ1) is 25.5. The summed E-state index contributed by atoms with van der Waals surface area (Å²) in [4.78, 5) is 37.5. The number of allylic oxidation sites excluding steroid dienone is 2. The van der Waals surface area contributed by atoms with E-state index in [1.807, 2.05) is 0 Å². The maximum atomic E-state index is 13.0. The van der Waals surface area contributed by atoms with Crippen LogP contribution in [0.3, 0.4) is 0 Å². The normalized spacial score (nSPS) is 13.9. The minimum atomic E-state index is -1.20. The Morgan fingerprint density at radius 1 is 0.939 bits per heavy atom. The molecule has 0 bridgehead atoms. The SMILES string of the molecule is CCOC(=O)C1=C(C)NC(C)=C(C(=O)OCC)C1c1cc(OC)c(OC)c(OC)c1[N+](=O)[O-]. The lowest BCUT2D eigenvalue weighted by Gasteiger charge is -2.30. The maximum Gasteiger partial charge on any atom is 0.336 e. The van der Waals surface area contributed by atoms with E-state index in [4.69, 9.17) is 23.7 Å². The van der Waals surface area contributed by atoms with E-state index in [-0.39, 0.29) is 47.2 Å². The van der Waals surface area contributed by atoms with Gasteiger partial charge >= 0.3 is 17.6 Å². The van der Waals surface area contributed by atoms with Gasteiger partial charge in [-0.3, -0.25) is 10.1 Å². The standard InChI is InChI=1S/C22H28N2O9/c1-8-32-21(25)15-11(3)23-12(4)16(22(26)33-9-2)17(15)13-10-14(29-5)19(30-6)20(31-7)18(13)24(27)28/h10,17,23H,8-9H2,1-7H3. The number of rotatable bonds is 9. The number of esters is 2. The Bertz CT molecular complexity index is 987. The third-order valence-electron chi connectivity index (χ3n) is 5.08. The summed E-state index contributed by atoms with van der Waals surface area (Å²) in [7, 11) is 3.92. The van der Waals surface area contributed by atoms with Crippen molar-refractivity contribution in [1.29, 1.82) is 0 Å². The monoisotopic (exact) mass is 464 g/mol. The second kappa shape index (κ2) is 10.7. The first-order valence-electron chi connectivity index (χ1n) is 10.2. The van der Waals surface area contributed by atoms with Gasteiger partial charge in [-0.05, 0) is 33.8 Å². The second-order valence-electron chi connectivity index (χ2n) is 6.92. The number of carbonyl (C=O) groups excluding carboxylic acids is 2. The fourth-order valence-electron chi connectivity index (χ4n) is 3.83. The number of nitro benzene ring substituents is 1. The Morgan fingerprint density at radius 2 is 1.42 bits per heavy atom. The molecule has 0 radical (unpaired) electrons. The Hall–Kier alpha value is -3.76. The summed E-state index contributed by atoms with van der Waals surface area (Å²) in [6.45, 7) is 6.64. The molecule has 33 heavy (non-hydrogen) atoms. The van der Waals surface area contributed by atoms with Crippen LogP contribution in [-0.2, 0) is 19.1 Å². The van der Waals surface area contributed by atoms with Gasteiger partial charge in [0.15, 0.2) is 5.75 Å². The highest BCUT2D eigenvalue weighted by atomic mass is 16.6. The third-order valence-corrected chi connectivity index (χ3v) is 5.08. The van der Waals surface area contributed by atoms with E-state index in [9.17, 15) is 19.7 Å². The maximum absolute atomic E-state index is 13.0. The molecule has 0 unspecified atom stereocenters. The van der Waals surface area contributed by atoms with Crippen LogP contribution in [0, 0.1) is 10.1 Å². The topological polar surface area (TPSA) is 135 Å². The zero-order valence-electron chi connectivity index (χ0n) is 19.7. The lowest BCUT2D eigenvalue weighted by molar-refractivity contribution is -0.386. The Balaban J connectivity index is 3.02. The van der Waals surface area contributed by atoms with Crippen LogP contribution >= 0.6 is 0 Å². The first-order chi connectivity index (χ1) is 15.7. The van der Waals surface area contributed by atoms with Crippen LogP contribution in [0.5, 0.6) is 17.2 Å². The van der Waals surface area contributed by atoms with Crippen molar-refractivity contribution in [3.8, 4) is 17.2 Å². The molecule has 0 atom stereocenters. The van der Waals surface area contributed by atoms with Crippen LogP contribution < -0.4 is 19.5 Å². The predicted octanol–water partition coefficient (Wildman–Crippen LogP) is 2.98. The number of dihydropyridines is 1. The summed E-state index contributed by atoms with van der Waals surface area (Å²) in [6.07, 6.45) is 0. The molecule has 1 N–H and O–H groups in total. The third kappa shape index (κ3) is 4.71. The van der Waals surface area contributed by atoms with E-state index in [1.54, 1.807) is 27.7 Å². The van der Waals surface area contributed by atoms with E-state index in [0.29, 0.717) is 11.4 Å². The van der Waals surface area contributed by atoms with Crippen molar-refractivity contribution in [3.05, 3.63) is 44.3 Å². The van der Waals surface area contributed by atoms with E-state index < -0.39 is 28.5 Å². The van der Waals surface area contributed by atoms with Gasteiger partial charge in [0.25, 0.3) is 0 Å². The highest BCUT2D eigenvalue weighted by Gasteiger charge is 2.43. The Morgan fingerprint density at radius 3 is 1.79 bits per heavy atom. The summed E-state index contributed by atoms with van der Waals surface area (Å²) in [6, 6.07) is 1.36. The molecule has 1 aromatic carbocycles. The summed E-state index contributed by atoms with van der Waals surface area (Å²) in [5, 5.41) is 15.2. The predicted molar refractivity (Wildman–Crippen MR) is 117 cm³/mol. The van der Waals surface area contributed by atoms with Crippen LogP contribution in [-0.4, -0.2) is 51.4 Å². The number of ether oxygens (including phenoxy) is 5. The van der Waals surface area contributed by atoms with Crippen LogP contribution in [0.4, 0.5) is 5.69 Å². The number of nitrogens with one attached hydrogen (secondary N) is 1. The average Bonchev–Trinajstić information content (AvgIpc) is 2.76. The van der Waals surface area contributed by atoms with Gasteiger partial charge in [0.1, 0.15) is 0 Å².